The van der Waals surface area contributed by atoms with Gasteiger partial charge < -0.3 is 0 Å². The molecule has 0 fully saturated rings. The van der Waals surface area contributed by atoms with E-state index >= 15 is 0 Å². The van der Waals surface area contributed by atoms with E-state index in [9.17, 15) is 0 Å². The van der Waals surface area contributed by atoms with Crippen LogP contribution in [-0.4, -0.2) is 40.8 Å². The molecule has 0 saturated carbocycles. The molecule has 0 spiro atoms. The van der Waals surface area contributed by atoms with Crippen molar-refractivity contribution < 1.29 is 20.1 Å². The second kappa shape index (κ2) is 18.0. The maximum absolute atomic E-state index is 4.25. The molecule has 0 saturated heterocycles. The van der Waals surface area contributed by atoms with Crippen LogP contribution >= 0.6 is 0 Å². The summed E-state index contributed by atoms with van der Waals surface area (Å²) in [5.74, 6) is 0. The number of rotatable bonds is 3. The van der Waals surface area contributed by atoms with Crippen LogP contribution < -0.4 is 0 Å². The van der Waals surface area contributed by atoms with Gasteiger partial charge in [0.05, 0.1) is 17.1 Å². The molecular weight excluding hydrogens is 745 g/mol. The first-order chi connectivity index (χ1) is 17.9. The normalized spacial score (nSPS) is 9.16. The Hall–Kier alpha value is -3.37. The first kappa shape index (κ1) is 30.9. The first-order valence-corrected chi connectivity index (χ1v) is 11.8. The van der Waals surface area contributed by atoms with Crippen LogP contribution in [0.1, 0.15) is 0 Å². The van der Waals surface area contributed by atoms with Gasteiger partial charge in [-0.25, -0.2) is 0 Å². The fraction of sp³-hybridized carbons (Fsp3) is 0. The molecular formula is C33H27InIrN3. The van der Waals surface area contributed by atoms with E-state index in [4.69, 9.17) is 0 Å². The molecule has 0 amide bonds. The van der Waals surface area contributed by atoms with Crippen molar-refractivity contribution in [3.8, 4) is 33.8 Å². The van der Waals surface area contributed by atoms with Gasteiger partial charge in [0, 0.05) is 81.2 Å². The van der Waals surface area contributed by atoms with Crippen LogP contribution in [0.2, 0.25) is 0 Å². The van der Waals surface area contributed by atoms with Crippen molar-refractivity contribution in [1.82, 2.24) is 15.0 Å². The summed E-state index contributed by atoms with van der Waals surface area (Å²) < 4.78 is 0. The molecule has 5 heteroatoms. The van der Waals surface area contributed by atoms with E-state index in [1.165, 1.54) is 0 Å². The van der Waals surface area contributed by atoms with Gasteiger partial charge in [0.1, 0.15) is 0 Å². The monoisotopic (exact) mass is 773 g/mol. The zero-order valence-corrected chi connectivity index (χ0v) is 26.5. The first-order valence-electron chi connectivity index (χ1n) is 11.8. The Morgan fingerprint density at radius 1 is 0.289 bits per heavy atom. The fourth-order valence-electron chi connectivity index (χ4n) is 3.43. The molecule has 3 aromatic carbocycles. The van der Waals surface area contributed by atoms with Crippen LogP contribution in [0.3, 0.4) is 0 Å². The third-order valence-electron chi connectivity index (χ3n) is 5.20. The van der Waals surface area contributed by atoms with E-state index in [2.05, 4.69) is 51.4 Å². The molecule has 6 aromatic rings. The summed E-state index contributed by atoms with van der Waals surface area (Å²) in [5, 5.41) is 0. The molecule has 3 heterocycles. The van der Waals surface area contributed by atoms with E-state index in [0.29, 0.717) is 0 Å². The van der Waals surface area contributed by atoms with E-state index in [1.54, 1.807) is 0 Å². The maximum Gasteiger partial charge on any atom is 0.0701 e. The Labute approximate surface area is 257 Å². The van der Waals surface area contributed by atoms with Crippen molar-refractivity contribution in [3.63, 3.8) is 0 Å². The second-order valence-electron chi connectivity index (χ2n) is 7.74. The van der Waals surface area contributed by atoms with Gasteiger partial charge in [-0.05, 0) is 36.4 Å². The van der Waals surface area contributed by atoms with Crippen molar-refractivity contribution in [1.29, 1.82) is 0 Å². The number of nitrogens with zero attached hydrogens (tertiary/aromatic N) is 3. The molecule has 38 heavy (non-hydrogen) atoms. The minimum atomic E-state index is 0. The van der Waals surface area contributed by atoms with Gasteiger partial charge in [-0.1, -0.05) is 109 Å². The molecule has 3 aromatic heterocycles. The average Bonchev–Trinajstić information content (AvgIpc) is 3.01. The molecule has 186 valence electrons. The Morgan fingerprint density at radius 2 is 0.526 bits per heavy atom. The Morgan fingerprint density at radius 3 is 0.737 bits per heavy atom. The number of benzene rings is 3. The molecule has 0 bridgehead atoms. The predicted octanol–water partition coefficient (Wildman–Crippen LogP) is 7.86. The predicted molar refractivity (Wildman–Crippen MR) is 155 cm³/mol. The number of pyridine rings is 3. The largest absolute Gasteiger partial charge is 0.256 e. The molecule has 0 aliphatic carbocycles. The van der Waals surface area contributed by atoms with Crippen LogP contribution in [0.15, 0.2) is 164 Å². The standard InChI is InChI=1S/3C11H9N.In.Ir/c3*1-2-6-10(7-3-1)11-8-4-5-9-12-11;;/h3*1-9H;;. The van der Waals surface area contributed by atoms with Crippen molar-refractivity contribution in [2.75, 3.05) is 0 Å². The molecule has 4 radical (unpaired) electrons. The second-order valence-corrected chi connectivity index (χ2v) is 7.74. The van der Waals surface area contributed by atoms with E-state index in [1.807, 2.05) is 128 Å². The minimum Gasteiger partial charge on any atom is -0.256 e. The van der Waals surface area contributed by atoms with Crippen molar-refractivity contribution >= 4 is 25.8 Å². The van der Waals surface area contributed by atoms with Crippen LogP contribution in [0.4, 0.5) is 0 Å². The average molecular weight is 773 g/mol. The van der Waals surface area contributed by atoms with Gasteiger partial charge in [-0.15, -0.1) is 0 Å². The van der Waals surface area contributed by atoms with Crippen molar-refractivity contribution in [2.24, 2.45) is 0 Å². The zero-order valence-electron chi connectivity index (χ0n) is 20.8. The topological polar surface area (TPSA) is 38.7 Å². The molecule has 0 unspecified atom stereocenters. The zero-order chi connectivity index (χ0) is 24.7. The van der Waals surface area contributed by atoms with E-state index in [0.717, 1.165) is 33.8 Å². The molecule has 0 aliphatic rings. The minimum absolute atomic E-state index is 0. The number of aromatic nitrogens is 3. The van der Waals surface area contributed by atoms with Gasteiger partial charge >= 0.3 is 0 Å². The third-order valence-corrected chi connectivity index (χ3v) is 5.20. The summed E-state index contributed by atoms with van der Waals surface area (Å²) in [6.07, 6.45) is 5.42. The van der Waals surface area contributed by atoms with Crippen LogP contribution in [0, 0.1) is 0 Å². The summed E-state index contributed by atoms with van der Waals surface area (Å²) in [7, 11) is 0. The van der Waals surface area contributed by atoms with E-state index < -0.39 is 0 Å². The van der Waals surface area contributed by atoms with Gasteiger partial charge in [0.2, 0.25) is 0 Å². The third kappa shape index (κ3) is 10.2. The van der Waals surface area contributed by atoms with Crippen molar-refractivity contribution in [2.45, 2.75) is 0 Å². The molecule has 0 atom stereocenters. The Kier molecular flexibility index (Phi) is 14.6. The van der Waals surface area contributed by atoms with Crippen LogP contribution in [0.5, 0.6) is 0 Å². The maximum atomic E-state index is 4.25. The number of hydrogen-bond acceptors (Lipinski definition) is 3. The fourth-order valence-corrected chi connectivity index (χ4v) is 3.43. The quantitative estimate of drug-likeness (QED) is 0.184. The van der Waals surface area contributed by atoms with Gasteiger partial charge in [0.25, 0.3) is 0 Å². The van der Waals surface area contributed by atoms with E-state index in [-0.39, 0.29) is 45.9 Å². The van der Waals surface area contributed by atoms with Crippen molar-refractivity contribution in [3.05, 3.63) is 164 Å². The summed E-state index contributed by atoms with van der Waals surface area (Å²) in [6, 6.07) is 48.3. The smallest absolute Gasteiger partial charge is 0.0701 e. The Bertz CT molecular complexity index is 1100. The van der Waals surface area contributed by atoms with Crippen LogP contribution in [-0.2, 0) is 20.1 Å². The molecule has 6 rings (SSSR count). The summed E-state index contributed by atoms with van der Waals surface area (Å²) in [5.41, 5.74) is 6.57. The molecule has 0 aliphatic heterocycles. The van der Waals surface area contributed by atoms with Gasteiger partial charge in [-0.3, -0.25) is 15.0 Å². The van der Waals surface area contributed by atoms with Gasteiger partial charge in [-0.2, -0.15) is 0 Å². The number of hydrogen-bond donors (Lipinski definition) is 0. The molecule has 3 nitrogen and oxygen atoms in total. The Balaban J connectivity index is 0.000000195. The summed E-state index contributed by atoms with van der Waals surface area (Å²) >= 11 is 0. The summed E-state index contributed by atoms with van der Waals surface area (Å²) in [6.45, 7) is 0. The SMILES string of the molecule is [In].[Ir].c1ccc(-c2ccccn2)cc1.c1ccc(-c2ccccn2)cc1.c1ccc(-c2ccccn2)cc1. The summed E-state index contributed by atoms with van der Waals surface area (Å²) in [4.78, 5) is 12.7. The molecule has 0 N–H and O–H groups in total. The van der Waals surface area contributed by atoms with Crippen LogP contribution in [0.25, 0.3) is 33.8 Å². The van der Waals surface area contributed by atoms with Gasteiger partial charge in [0.15, 0.2) is 0 Å².